The van der Waals surface area contributed by atoms with Gasteiger partial charge in [-0.25, -0.2) is 8.42 Å². The molecule has 0 saturated carbocycles. The minimum Gasteiger partial charge on any atom is -0.326 e. The molecule has 7 heteroatoms. The molecule has 1 aromatic carbocycles. The van der Waals surface area contributed by atoms with E-state index >= 15 is 0 Å². The van der Waals surface area contributed by atoms with Gasteiger partial charge in [-0.15, -0.1) is 0 Å². The first-order valence-corrected chi connectivity index (χ1v) is 7.95. The number of benzene rings is 1. The Balaban J connectivity index is 2.23. The smallest absolute Gasteiger partial charge is 0.243 e. The van der Waals surface area contributed by atoms with Crippen molar-refractivity contribution in [3.63, 3.8) is 0 Å². The van der Waals surface area contributed by atoms with Gasteiger partial charge in [0.1, 0.15) is 0 Å². The Bertz CT molecular complexity index is 583. The van der Waals surface area contributed by atoms with Crippen molar-refractivity contribution in [1.29, 1.82) is 0 Å². The van der Waals surface area contributed by atoms with Gasteiger partial charge in [-0.2, -0.15) is 4.31 Å². The predicted octanol–water partition coefficient (Wildman–Crippen LogP) is 0.627. The Morgan fingerprint density at radius 2 is 2.00 bits per heavy atom. The number of hydrogen-bond acceptors (Lipinski definition) is 4. The van der Waals surface area contributed by atoms with Crippen LogP contribution in [-0.2, 0) is 14.8 Å². The second-order valence-corrected chi connectivity index (χ2v) is 6.77. The Kier molecular flexibility index (Phi) is 4.42. The van der Waals surface area contributed by atoms with Gasteiger partial charge < -0.3 is 10.6 Å². The van der Waals surface area contributed by atoms with Crippen molar-refractivity contribution >= 4 is 21.6 Å². The molecule has 1 amide bonds. The Hall–Kier alpha value is -1.44. The lowest BCUT2D eigenvalue weighted by molar-refractivity contribution is -0.114. The fourth-order valence-corrected chi connectivity index (χ4v) is 3.86. The molecule has 1 aromatic rings. The van der Waals surface area contributed by atoms with Gasteiger partial charge in [0, 0.05) is 38.3 Å². The number of anilines is 1. The summed E-state index contributed by atoms with van der Waals surface area (Å²) in [6, 6.07) is 6.18. The number of carbonyl (C=O) groups is 1. The Morgan fingerprint density at radius 3 is 2.55 bits per heavy atom. The van der Waals surface area contributed by atoms with Gasteiger partial charge in [-0.1, -0.05) is 0 Å². The lowest BCUT2D eigenvalue weighted by Gasteiger charge is -2.32. The number of nitrogens with zero attached hydrogens (tertiary/aromatic N) is 1. The van der Waals surface area contributed by atoms with Gasteiger partial charge in [0.2, 0.25) is 15.9 Å². The molecule has 0 unspecified atom stereocenters. The van der Waals surface area contributed by atoms with Gasteiger partial charge in [0.15, 0.2) is 0 Å². The highest BCUT2D eigenvalue weighted by atomic mass is 32.2. The highest BCUT2D eigenvalue weighted by Crippen LogP contribution is 2.21. The van der Waals surface area contributed by atoms with Gasteiger partial charge in [0.05, 0.1) is 4.90 Å². The summed E-state index contributed by atoms with van der Waals surface area (Å²) in [5, 5.41) is 5.78. The molecule has 110 valence electrons. The maximum atomic E-state index is 12.5. The van der Waals surface area contributed by atoms with Crippen LogP contribution in [0, 0.1) is 0 Å². The van der Waals surface area contributed by atoms with E-state index in [4.69, 9.17) is 0 Å². The van der Waals surface area contributed by atoms with Crippen molar-refractivity contribution in [2.24, 2.45) is 0 Å². The van der Waals surface area contributed by atoms with Crippen LogP contribution in [0.4, 0.5) is 5.69 Å². The van der Waals surface area contributed by atoms with Crippen LogP contribution in [0.15, 0.2) is 29.2 Å². The molecule has 1 heterocycles. The van der Waals surface area contributed by atoms with Crippen molar-refractivity contribution in [2.75, 3.05) is 25.0 Å². The first kappa shape index (κ1) is 15.0. The molecule has 20 heavy (non-hydrogen) atoms. The van der Waals surface area contributed by atoms with E-state index in [9.17, 15) is 13.2 Å². The van der Waals surface area contributed by atoms with Crippen LogP contribution in [-0.4, -0.2) is 44.3 Å². The SMILES string of the molecule is CC(=O)Nc1ccc(S(=O)(=O)N2CCNC[C@H]2C)cc1. The summed E-state index contributed by atoms with van der Waals surface area (Å²) in [5.74, 6) is -0.184. The molecular formula is C13H19N3O3S. The van der Waals surface area contributed by atoms with Crippen LogP contribution < -0.4 is 10.6 Å². The Labute approximate surface area is 119 Å². The average Bonchev–Trinajstić information content (AvgIpc) is 2.39. The summed E-state index contributed by atoms with van der Waals surface area (Å²) in [6.45, 7) is 5.08. The second-order valence-electron chi connectivity index (χ2n) is 4.87. The van der Waals surface area contributed by atoms with E-state index in [-0.39, 0.29) is 16.8 Å². The monoisotopic (exact) mass is 297 g/mol. The zero-order valence-corrected chi connectivity index (χ0v) is 12.4. The van der Waals surface area contributed by atoms with Gasteiger partial charge >= 0.3 is 0 Å². The van der Waals surface area contributed by atoms with E-state index < -0.39 is 10.0 Å². The van der Waals surface area contributed by atoms with E-state index in [1.807, 2.05) is 6.92 Å². The van der Waals surface area contributed by atoms with Crippen LogP contribution in [0.2, 0.25) is 0 Å². The minimum atomic E-state index is -3.48. The van der Waals surface area contributed by atoms with Gasteiger partial charge in [-0.05, 0) is 31.2 Å². The highest BCUT2D eigenvalue weighted by Gasteiger charge is 2.30. The third-order valence-corrected chi connectivity index (χ3v) is 5.25. The van der Waals surface area contributed by atoms with Crippen molar-refractivity contribution in [3.05, 3.63) is 24.3 Å². The molecule has 1 fully saturated rings. The normalized spacial score (nSPS) is 20.6. The highest BCUT2D eigenvalue weighted by molar-refractivity contribution is 7.89. The number of sulfonamides is 1. The zero-order valence-electron chi connectivity index (χ0n) is 11.6. The number of rotatable bonds is 3. The maximum Gasteiger partial charge on any atom is 0.243 e. The molecular weight excluding hydrogens is 278 g/mol. The Morgan fingerprint density at radius 1 is 1.35 bits per heavy atom. The standard InChI is InChI=1S/C13H19N3O3S/c1-10-9-14-7-8-16(10)20(18,19)13-5-3-12(4-6-13)15-11(2)17/h3-6,10,14H,7-9H2,1-2H3,(H,15,17)/t10-/m1/s1. The lowest BCUT2D eigenvalue weighted by Crippen LogP contribution is -2.52. The fraction of sp³-hybridized carbons (Fsp3) is 0.462. The van der Waals surface area contributed by atoms with Gasteiger partial charge in [-0.3, -0.25) is 4.79 Å². The summed E-state index contributed by atoms with van der Waals surface area (Å²) in [7, 11) is -3.48. The topological polar surface area (TPSA) is 78.5 Å². The van der Waals surface area contributed by atoms with Crippen LogP contribution in [0.25, 0.3) is 0 Å². The molecule has 0 radical (unpaired) electrons. The number of amides is 1. The molecule has 0 bridgehead atoms. The molecule has 2 N–H and O–H groups in total. The van der Waals surface area contributed by atoms with Crippen LogP contribution in [0.1, 0.15) is 13.8 Å². The number of carbonyl (C=O) groups excluding carboxylic acids is 1. The van der Waals surface area contributed by atoms with E-state index in [0.29, 0.717) is 25.3 Å². The van der Waals surface area contributed by atoms with Crippen LogP contribution in [0.5, 0.6) is 0 Å². The minimum absolute atomic E-state index is 0.0660. The molecule has 1 atom stereocenters. The molecule has 1 aliphatic rings. The third kappa shape index (κ3) is 3.17. The largest absolute Gasteiger partial charge is 0.326 e. The van der Waals surface area contributed by atoms with E-state index in [0.717, 1.165) is 0 Å². The average molecular weight is 297 g/mol. The number of hydrogen-bond donors (Lipinski definition) is 2. The number of nitrogens with one attached hydrogen (secondary N) is 2. The third-order valence-electron chi connectivity index (χ3n) is 3.22. The molecule has 0 spiro atoms. The number of piperazine rings is 1. The van der Waals surface area contributed by atoms with Crippen molar-refractivity contribution in [2.45, 2.75) is 24.8 Å². The van der Waals surface area contributed by atoms with E-state index in [1.165, 1.54) is 23.4 Å². The fourth-order valence-electron chi connectivity index (χ4n) is 2.23. The molecule has 0 aromatic heterocycles. The summed E-state index contributed by atoms with van der Waals surface area (Å²) < 4.78 is 26.6. The second kappa shape index (κ2) is 5.90. The molecule has 2 rings (SSSR count). The summed E-state index contributed by atoms with van der Waals surface area (Å²) >= 11 is 0. The van der Waals surface area contributed by atoms with Crippen molar-refractivity contribution in [1.82, 2.24) is 9.62 Å². The molecule has 6 nitrogen and oxygen atoms in total. The summed E-state index contributed by atoms with van der Waals surface area (Å²) in [4.78, 5) is 11.2. The molecule has 1 aliphatic heterocycles. The van der Waals surface area contributed by atoms with Crippen molar-refractivity contribution in [3.8, 4) is 0 Å². The lowest BCUT2D eigenvalue weighted by atomic mass is 10.3. The van der Waals surface area contributed by atoms with Gasteiger partial charge in [0.25, 0.3) is 0 Å². The summed E-state index contributed by atoms with van der Waals surface area (Å²) in [6.07, 6.45) is 0. The molecule has 1 saturated heterocycles. The van der Waals surface area contributed by atoms with E-state index in [1.54, 1.807) is 12.1 Å². The van der Waals surface area contributed by atoms with Crippen LogP contribution >= 0.6 is 0 Å². The zero-order chi connectivity index (χ0) is 14.8. The van der Waals surface area contributed by atoms with Crippen molar-refractivity contribution < 1.29 is 13.2 Å². The molecule has 0 aliphatic carbocycles. The first-order valence-electron chi connectivity index (χ1n) is 6.51. The quantitative estimate of drug-likeness (QED) is 0.857. The summed E-state index contributed by atoms with van der Waals surface area (Å²) in [5.41, 5.74) is 0.588. The van der Waals surface area contributed by atoms with E-state index in [2.05, 4.69) is 10.6 Å². The predicted molar refractivity (Wildman–Crippen MR) is 77.0 cm³/mol. The maximum absolute atomic E-state index is 12.5. The first-order chi connectivity index (χ1) is 9.41. The van der Waals surface area contributed by atoms with Crippen LogP contribution in [0.3, 0.4) is 0 Å².